The summed E-state index contributed by atoms with van der Waals surface area (Å²) in [5.41, 5.74) is 3.81. The van der Waals surface area contributed by atoms with Gasteiger partial charge in [-0.15, -0.1) is 0 Å². The van der Waals surface area contributed by atoms with Crippen LogP contribution < -0.4 is 10.7 Å². The van der Waals surface area contributed by atoms with Crippen molar-refractivity contribution < 1.29 is 14.0 Å². The van der Waals surface area contributed by atoms with Gasteiger partial charge in [-0.25, -0.2) is 9.82 Å². The molecule has 0 heterocycles. The molecule has 0 aliphatic heterocycles. The van der Waals surface area contributed by atoms with E-state index in [-0.39, 0.29) is 12.1 Å². The molecule has 0 spiro atoms. The van der Waals surface area contributed by atoms with Crippen molar-refractivity contribution in [1.82, 2.24) is 10.7 Å². The largest absolute Gasteiger partial charge is 0.343 e. The zero-order chi connectivity index (χ0) is 18.4. The Hall–Kier alpha value is -2.44. The molecule has 0 saturated carbocycles. The second-order valence-corrected chi connectivity index (χ2v) is 5.87. The minimum atomic E-state index is -0.505. The van der Waals surface area contributed by atoms with Gasteiger partial charge >= 0.3 is 0 Å². The first-order chi connectivity index (χ1) is 11.9. The second-order valence-electron chi connectivity index (χ2n) is 5.05. The Morgan fingerprint density at radius 3 is 2.32 bits per heavy atom. The van der Waals surface area contributed by atoms with Crippen LogP contribution in [-0.2, 0) is 4.79 Å². The molecule has 0 bridgehead atoms. The molecule has 130 valence electrons. The highest BCUT2D eigenvalue weighted by atomic mass is 35.5. The topological polar surface area (TPSA) is 70.6 Å². The molecule has 2 aromatic rings. The van der Waals surface area contributed by atoms with Gasteiger partial charge in [-0.1, -0.05) is 29.3 Å². The summed E-state index contributed by atoms with van der Waals surface area (Å²) in [6, 6.07) is 9.97. The van der Waals surface area contributed by atoms with Crippen molar-refractivity contribution in [3.05, 3.63) is 69.5 Å². The number of carbonyl (C=O) groups is 2. The van der Waals surface area contributed by atoms with Gasteiger partial charge in [0.05, 0.1) is 22.3 Å². The monoisotopic (exact) mass is 381 g/mol. The van der Waals surface area contributed by atoms with Crippen LogP contribution in [-0.4, -0.2) is 24.1 Å². The Labute approximate surface area is 153 Å². The van der Waals surface area contributed by atoms with Crippen LogP contribution in [0.4, 0.5) is 4.39 Å². The Morgan fingerprint density at radius 2 is 1.68 bits per heavy atom. The lowest BCUT2D eigenvalue weighted by Gasteiger charge is -2.06. The highest BCUT2D eigenvalue weighted by molar-refractivity contribution is 6.42. The summed E-state index contributed by atoms with van der Waals surface area (Å²) in [4.78, 5) is 23.6. The van der Waals surface area contributed by atoms with E-state index in [2.05, 4.69) is 15.8 Å². The maximum atomic E-state index is 12.8. The summed E-state index contributed by atoms with van der Waals surface area (Å²) in [5, 5.41) is 7.16. The van der Waals surface area contributed by atoms with Crippen LogP contribution in [0.25, 0.3) is 0 Å². The van der Waals surface area contributed by atoms with Gasteiger partial charge in [-0.3, -0.25) is 9.59 Å². The van der Waals surface area contributed by atoms with Crippen LogP contribution in [0.15, 0.2) is 47.6 Å². The summed E-state index contributed by atoms with van der Waals surface area (Å²) >= 11 is 11.8. The van der Waals surface area contributed by atoms with E-state index in [1.165, 1.54) is 24.3 Å². The number of halogens is 3. The second kappa shape index (κ2) is 8.60. The number of nitrogens with zero attached hydrogens (tertiary/aromatic N) is 1. The van der Waals surface area contributed by atoms with Crippen LogP contribution in [0.1, 0.15) is 22.8 Å². The lowest BCUT2D eigenvalue weighted by atomic mass is 10.1. The van der Waals surface area contributed by atoms with E-state index in [1.54, 1.807) is 25.1 Å². The fraction of sp³-hybridized carbons (Fsp3) is 0.118. The van der Waals surface area contributed by atoms with E-state index in [4.69, 9.17) is 23.2 Å². The SMILES string of the molecule is CC(=NNC(=O)CNC(=O)c1ccc(F)cc1)c1ccc(Cl)c(Cl)c1. The molecular weight excluding hydrogens is 368 g/mol. The third-order valence-corrected chi connectivity index (χ3v) is 3.94. The van der Waals surface area contributed by atoms with Gasteiger partial charge in [0.1, 0.15) is 5.82 Å². The van der Waals surface area contributed by atoms with E-state index in [0.717, 1.165) is 0 Å². The molecule has 0 saturated heterocycles. The number of hydrazone groups is 1. The molecule has 0 atom stereocenters. The fourth-order valence-electron chi connectivity index (χ4n) is 1.84. The van der Waals surface area contributed by atoms with Crippen molar-refractivity contribution in [3.8, 4) is 0 Å². The molecule has 0 aliphatic rings. The minimum Gasteiger partial charge on any atom is -0.343 e. The van der Waals surface area contributed by atoms with Crippen LogP contribution >= 0.6 is 23.2 Å². The van der Waals surface area contributed by atoms with Crippen LogP contribution in [0.3, 0.4) is 0 Å². The molecule has 8 heteroatoms. The van der Waals surface area contributed by atoms with Gasteiger partial charge in [-0.2, -0.15) is 5.10 Å². The number of rotatable bonds is 5. The van der Waals surface area contributed by atoms with E-state index >= 15 is 0 Å². The third kappa shape index (κ3) is 5.55. The highest BCUT2D eigenvalue weighted by Crippen LogP contribution is 2.22. The van der Waals surface area contributed by atoms with Gasteiger partial charge in [0.2, 0.25) is 0 Å². The van der Waals surface area contributed by atoms with E-state index in [0.29, 0.717) is 21.3 Å². The number of carbonyl (C=O) groups excluding carboxylic acids is 2. The number of benzene rings is 2. The minimum absolute atomic E-state index is 0.254. The lowest BCUT2D eigenvalue weighted by Crippen LogP contribution is -2.35. The van der Waals surface area contributed by atoms with Crippen LogP contribution in [0.5, 0.6) is 0 Å². The smallest absolute Gasteiger partial charge is 0.259 e. The van der Waals surface area contributed by atoms with Crippen molar-refractivity contribution in [2.75, 3.05) is 6.54 Å². The third-order valence-electron chi connectivity index (χ3n) is 3.20. The van der Waals surface area contributed by atoms with Gasteiger partial charge in [0.25, 0.3) is 11.8 Å². The lowest BCUT2D eigenvalue weighted by molar-refractivity contribution is -0.120. The maximum absolute atomic E-state index is 12.8. The predicted octanol–water partition coefficient (Wildman–Crippen LogP) is 3.40. The molecule has 5 nitrogen and oxygen atoms in total. The Morgan fingerprint density at radius 1 is 1.04 bits per heavy atom. The predicted molar refractivity (Wildman–Crippen MR) is 95.5 cm³/mol. The van der Waals surface area contributed by atoms with E-state index in [1.807, 2.05) is 0 Å². The highest BCUT2D eigenvalue weighted by Gasteiger charge is 2.08. The molecule has 25 heavy (non-hydrogen) atoms. The van der Waals surface area contributed by atoms with Crippen LogP contribution in [0.2, 0.25) is 10.0 Å². The number of hydrogen-bond donors (Lipinski definition) is 2. The van der Waals surface area contributed by atoms with Crippen molar-refractivity contribution in [1.29, 1.82) is 0 Å². The normalized spacial score (nSPS) is 11.1. The standard InChI is InChI=1S/C17H14Cl2FN3O2/c1-10(12-4-7-14(18)15(19)8-12)22-23-16(24)9-21-17(25)11-2-5-13(20)6-3-11/h2-8H,9H2,1H3,(H,21,25)(H,23,24). The van der Waals surface area contributed by atoms with Crippen molar-refractivity contribution in [3.63, 3.8) is 0 Å². The zero-order valence-electron chi connectivity index (χ0n) is 13.1. The van der Waals surface area contributed by atoms with Gasteiger partial charge in [0, 0.05) is 5.56 Å². The fourth-order valence-corrected chi connectivity index (χ4v) is 2.13. The first-order valence-corrected chi connectivity index (χ1v) is 7.94. The molecular formula is C17H14Cl2FN3O2. The Bertz CT molecular complexity index is 823. The molecule has 2 rings (SSSR count). The zero-order valence-corrected chi connectivity index (χ0v) is 14.7. The molecule has 2 N–H and O–H groups in total. The summed E-state index contributed by atoms with van der Waals surface area (Å²) in [5.74, 6) is -1.43. The van der Waals surface area contributed by atoms with E-state index < -0.39 is 17.6 Å². The molecule has 0 radical (unpaired) electrons. The molecule has 0 fully saturated rings. The van der Waals surface area contributed by atoms with Crippen molar-refractivity contribution >= 4 is 40.7 Å². The molecule has 0 unspecified atom stereocenters. The number of amides is 2. The average molecular weight is 382 g/mol. The van der Waals surface area contributed by atoms with Crippen molar-refractivity contribution in [2.24, 2.45) is 5.10 Å². The quantitative estimate of drug-likeness (QED) is 0.615. The molecule has 2 amide bonds. The summed E-state index contributed by atoms with van der Waals surface area (Å²) in [6.45, 7) is 1.42. The molecule has 0 aliphatic carbocycles. The maximum Gasteiger partial charge on any atom is 0.259 e. The average Bonchev–Trinajstić information content (AvgIpc) is 2.60. The first-order valence-electron chi connectivity index (χ1n) is 7.19. The Kier molecular flexibility index (Phi) is 6.50. The molecule has 2 aromatic carbocycles. The number of nitrogens with one attached hydrogen (secondary N) is 2. The van der Waals surface area contributed by atoms with Gasteiger partial charge in [0.15, 0.2) is 0 Å². The first kappa shape index (κ1) is 18.9. The van der Waals surface area contributed by atoms with E-state index in [9.17, 15) is 14.0 Å². The number of hydrogen-bond acceptors (Lipinski definition) is 3. The molecule has 0 aromatic heterocycles. The van der Waals surface area contributed by atoms with Crippen LogP contribution in [0, 0.1) is 5.82 Å². The summed E-state index contributed by atoms with van der Waals surface area (Å²) < 4.78 is 12.8. The van der Waals surface area contributed by atoms with Gasteiger partial charge < -0.3 is 5.32 Å². The Balaban J connectivity index is 1.88. The van der Waals surface area contributed by atoms with Gasteiger partial charge in [-0.05, 0) is 48.9 Å². The van der Waals surface area contributed by atoms with Crippen molar-refractivity contribution in [2.45, 2.75) is 6.92 Å². The summed E-state index contributed by atoms with van der Waals surface area (Å²) in [6.07, 6.45) is 0. The summed E-state index contributed by atoms with van der Waals surface area (Å²) in [7, 11) is 0.